The maximum absolute atomic E-state index is 13.5. The third kappa shape index (κ3) is 3.41. The summed E-state index contributed by atoms with van der Waals surface area (Å²) in [5.74, 6) is 6.30. The molecule has 0 aliphatic heterocycles. The molecular weight excluding hydrogens is 219 g/mol. The monoisotopic (exact) mass is 238 g/mol. The van der Waals surface area contributed by atoms with Crippen LogP contribution in [0.25, 0.3) is 0 Å². The zero-order valence-electron chi connectivity index (χ0n) is 10.1. The largest absolute Gasteiger partial charge is 0.494 e. The average molecular weight is 238 g/mol. The molecule has 0 aromatic heterocycles. The van der Waals surface area contributed by atoms with E-state index in [0.29, 0.717) is 0 Å². The van der Waals surface area contributed by atoms with Gasteiger partial charge in [0, 0.05) is 6.04 Å². The van der Waals surface area contributed by atoms with Gasteiger partial charge >= 0.3 is 0 Å². The first kappa shape index (κ1) is 12.3. The summed E-state index contributed by atoms with van der Waals surface area (Å²) in [7, 11) is 1.47. The summed E-state index contributed by atoms with van der Waals surface area (Å²) in [5.41, 5.74) is 3.77. The summed E-state index contributed by atoms with van der Waals surface area (Å²) in [5, 5.41) is 0. The van der Waals surface area contributed by atoms with Gasteiger partial charge in [0.05, 0.1) is 7.11 Å². The van der Waals surface area contributed by atoms with Crippen molar-refractivity contribution in [2.45, 2.75) is 31.7 Å². The Morgan fingerprint density at radius 2 is 2.29 bits per heavy atom. The number of nitrogens with two attached hydrogens (primary N) is 1. The minimum atomic E-state index is -0.313. The zero-order valence-corrected chi connectivity index (χ0v) is 10.1. The van der Waals surface area contributed by atoms with E-state index in [9.17, 15) is 4.39 Å². The van der Waals surface area contributed by atoms with Crippen molar-refractivity contribution in [3.05, 3.63) is 29.6 Å². The first-order valence-corrected chi connectivity index (χ1v) is 6.01. The lowest BCUT2D eigenvalue weighted by molar-refractivity contribution is 0.385. The number of hydrogen-bond donors (Lipinski definition) is 2. The molecule has 1 aromatic rings. The molecule has 0 heterocycles. The van der Waals surface area contributed by atoms with Crippen LogP contribution in [0, 0.1) is 11.7 Å². The Kier molecular flexibility index (Phi) is 3.97. The molecule has 0 bridgehead atoms. The molecule has 94 valence electrons. The second-order valence-corrected chi connectivity index (χ2v) is 4.72. The molecule has 2 rings (SSSR count). The summed E-state index contributed by atoms with van der Waals surface area (Å²) in [6, 6.07) is 5.31. The molecule has 1 unspecified atom stereocenters. The average Bonchev–Trinajstić information content (AvgIpc) is 3.12. The molecule has 1 atom stereocenters. The topological polar surface area (TPSA) is 47.3 Å². The molecule has 1 fully saturated rings. The van der Waals surface area contributed by atoms with Gasteiger partial charge in [0.1, 0.15) is 0 Å². The van der Waals surface area contributed by atoms with Crippen LogP contribution in [0.4, 0.5) is 4.39 Å². The Bertz CT molecular complexity index is 380. The summed E-state index contributed by atoms with van der Waals surface area (Å²) >= 11 is 0. The van der Waals surface area contributed by atoms with Gasteiger partial charge in [-0.2, -0.15) is 0 Å². The van der Waals surface area contributed by atoms with E-state index in [-0.39, 0.29) is 17.6 Å². The molecule has 1 aliphatic rings. The highest BCUT2D eigenvalue weighted by atomic mass is 19.1. The number of ether oxygens (including phenoxy) is 1. The maximum Gasteiger partial charge on any atom is 0.165 e. The van der Waals surface area contributed by atoms with Crippen LogP contribution in [0.3, 0.4) is 0 Å². The zero-order chi connectivity index (χ0) is 12.3. The second-order valence-electron chi connectivity index (χ2n) is 4.72. The standard InChI is InChI=1S/C13H19FN2O/c1-17-13-5-4-10(8-12(13)14)7-11(16-15)6-9-2-3-9/h4-5,8-9,11,16H,2-3,6-7,15H2,1H3. The van der Waals surface area contributed by atoms with Crippen LogP contribution in [0.15, 0.2) is 18.2 Å². The quantitative estimate of drug-likeness (QED) is 0.588. The first-order valence-electron chi connectivity index (χ1n) is 6.01. The summed E-state index contributed by atoms with van der Waals surface area (Å²) in [6.45, 7) is 0. The van der Waals surface area contributed by atoms with Crippen molar-refractivity contribution < 1.29 is 9.13 Å². The molecule has 1 aliphatic carbocycles. The fraction of sp³-hybridized carbons (Fsp3) is 0.538. The number of hydrazine groups is 1. The van der Waals surface area contributed by atoms with E-state index in [0.717, 1.165) is 24.3 Å². The smallest absolute Gasteiger partial charge is 0.165 e. The van der Waals surface area contributed by atoms with E-state index in [4.69, 9.17) is 10.6 Å². The van der Waals surface area contributed by atoms with Crippen LogP contribution in [0.2, 0.25) is 0 Å². The van der Waals surface area contributed by atoms with Crippen LogP contribution >= 0.6 is 0 Å². The van der Waals surface area contributed by atoms with Crippen molar-refractivity contribution in [1.29, 1.82) is 0 Å². The predicted molar refractivity (Wildman–Crippen MR) is 65.1 cm³/mol. The molecule has 0 amide bonds. The van der Waals surface area contributed by atoms with Gasteiger partial charge < -0.3 is 4.74 Å². The lowest BCUT2D eigenvalue weighted by Gasteiger charge is -2.15. The van der Waals surface area contributed by atoms with Crippen molar-refractivity contribution in [2.24, 2.45) is 11.8 Å². The number of benzene rings is 1. The molecule has 4 heteroatoms. The Balaban J connectivity index is 1.98. The third-order valence-electron chi connectivity index (χ3n) is 3.25. The summed E-state index contributed by atoms with van der Waals surface area (Å²) < 4.78 is 18.4. The van der Waals surface area contributed by atoms with Crippen molar-refractivity contribution in [3.63, 3.8) is 0 Å². The number of rotatable bonds is 6. The Labute approximate surface area is 101 Å². The van der Waals surface area contributed by atoms with Gasteiger partial charge in [0.2, 0.25) is 0 Å². The van der Waals surface area contributed by atoms with Crippen LogP contribution in [0.1, 0.15) is 24.8 Å². The molecule has 17 heavy (non-hydrogen) atoms. The SMILES string of the molecule is COc1ccc(CC(CC2CC2)NN)cc1F. The molecule has 1 aromatic carbocycles. The van der Waals surface area contributed by atoms with Crippen LogP contribution in [0.5, 0.6) is 5.75 Å². The molecule has 1 saturated carbocycles. The van der Waals surface area contributed by atoms with E-state index in [1.54, 1.807) is 6.07 Å². The summed E-state index contributed by atoms with van der Waals surface area (Å²) in [4.78, 5) is 0. The fourth-order valence-corrected chi connectivity index (χ4v) is 2.09. The summed E-state index contributed by atoms with van der Waals surface area (Å²) in [6.07, 6.45) is 4.43. The minimum Gasteiger partial charge on any atom is -0.494 e. The van der Waals surface area contributed by atoms with Crippen LogP contribution < -0.4 is 16.0 Å². The lowest BCUT2D eigenvalue weighted by atomic mass is 10.0. The molecule has 0 radical (unpaired) electrons. The van der Waals surface area contributed by atoms with E-state index in [1.165, 1.54) is 26.0 Å². The number of methoxy groups -OCH3 is 1. The Hall–Kier alpha value is -1.13. The third-order valence-corrected chi connectivity index (χ3v) is 3.25. The molecular formula is C13H19FN2O. The molecule has 3 nitrogen and oxygen atoms in total. The normalized spacial score (nSPS) is 16.9. The molecule has 3 N–H and O–H groups in total. The highest BCUT2D eigenvalue weighted by Crippen LogP contribution is 2.34. The van der Waals surface area contributed by atoms with Gasteiger partial charge in [0.15, 0.2) is 11.6 Å². The maximum atomic E-state index is 13.5. The Morgan fingerprint density at radius 1 is 1.53 bits per heavy atom. The Morgan fingerprint density at radius 3 is 2.82 bits per heavy atom. The highest BCUT2D eigenvalue weighted by molar-refractivity contribution is 5.29. The van der Waals surface area contributed by atoms with E-state index in [1.807, 2.05) is 6.07 Å². The predicted octanol–water partition coefficient (Wildman–Crippen LogP) is 2.01. The van der Waals surface area contributed by atoms with Crippen molar-refractivity contribution in [1.82, 2.24) is 5.43 Å². The highest BCUT2D eigenvalue weighted by Gasteiger charge is 2.25. The second kappa shape index (κ2) is 5.47. The van der Waals surface area contributed by atoms with E-state index < -0.39 is 0 Å². The number of halogens is 1. The fourth-order valence-electron chi connectivity index (χ4n) is 2.09. The van der Waals surface area contributed by atoms with Gasteiger partial charge in [-0.15, -0.1) is 0 Å². The van der Waals surface area contributed by atoms with Gasteiger partial charge in [-0.25, -0.2) is 4.39 Å². The molecule has 0 spiro atoms. The minimum absolute atomic E-state index is 0.232. The number of hydrogen-bond acceptors (Lipinski definition) is 3. The van der Waals surface area contributed by atoms with Crippen LogP contribution in [-0.2, 0) is 6.42 Å². The van der Waals surface area contributed by atoms with Crippen molar-refractivity contribution in [2.75, 3.05) is 7.11 Å². The lowest BCUT2D eigenvalue weighted by Crippen LogP contribution is -2.37. The van der Waals surface area contributed by atoms with E-state index in [2.05, 4.69) is 5.43 Å². The van der Waals surface area contributed by atoms with Gasteiger partial charge in [0.25, 0.3) is 0 Å². The number of nitrogens with one attached hydrogen (secondary N) is 1. The first-order chi connectivity index (χ1) is 8.22. The van der Waals surface area contributed by atoms with Crippen LogP contribution in [-0.4, -0.2) is 13.2 Å². The van der Waals surface area contributed by atoms with Gasteiger partial charge in [-0.05, 0) is 36.5 Å². The van der Waals surface area contributed by atoms with Gasteiger partial charge in [-0.3, -0.25) is 11.3 Å². The van der Waals surface area contributed by atoms with Gasteiger partial charge in [-0.1, -0.05) is 18.9 Å². The van der Waals surface area contributed by atoms with Crippen molar-refractivity contribution in [3.8, 4) is 5.75 Å². The molecule has 0 saturated heterocycles. The van der Waals surface area contributed by atoms with Crippen molar-refractivity contribution >= 4 is 0 Å². The van der Waals surface area contributed by atoms with E-state index >= 15 is 0 Å².